The van der Waals surface area contributed by atoms with Crippen LogP contribution in [-0.4, -0.2) is 12.5 Å². The number of hydrogen-bond acceptors (Lipinski definition) is 2. The Bertz CT molecular complexity index is 470. The Morgan fingerprint density at radius 2 is 2.10 bits per heavy atom. The molecule has 1 saturated carbocycles. The Balaban J connectivity index is 0.00000200. The highest BCUT2D eigenvalue weighted by atomic mass is 35.5. The lowest BCUT2D eigenvalue weighted by molar-refractivity contribution is -0.126. The summed E-state index contributed by atoms with van der Waals surface area (Å²) < 4.78 is 26.4. The van der Waals surface area contributed by atoms with E-state index in [-0.39, 0.29) is 42.3 Å². The van der Waals surface area contributed by atoms with Crippen molar-refractivity contribution in [3.05, 3.63) is 35.4 Å². The zero-order chi connectivity index (χ0) is 13.8. The van der Waals surface area contributed by atoms with Crippen molar-refractivity contribution >= 4 is 18.3 Å². The maximum Gasteiger partial charge on any atom is 0.223 e. The average Bonchev–Trinajstić information content (AvgIpc) is 2.88. The molecular formula is C14H19ClF2N2O. The molecule has 2 rings (SSSR count). The molecule has 0 aromatic heterocycles. The molecule has 6 heteroatoms. The molecule has 0 radical (unpaired) electrons. The molecule has 1 aliphatic rings. The zero-order valence-corrected chi connectivity index (χ0v) is 11.9. The molecule has 3 nitrogen and oxygen atoms in total. The SMILES string of the molecule is Cl.NC[C@H]1CCC[C@H]1C(=O)NCc1cc(F)ccc1F. The number of nitrogens with two attached hydrogens (primary N) is 1. The first-order valence-electron chi connectivity index (χ1n) is 6.53. The zero-order valence-electron chi connectivity index (χ0n) is 11.1. The van der Waals surface area contributed by atoms with Gasteiger partial charge < -0.3 is 11.1 Å². The van der Waals surface area contributed by atoms with E-state index in [1.807, 2.05) is 0 Å². The van der Waals surface area contributed by atoms with Crippen molar-refractivity contribution in [2.24, 2.45) is 17.6 Å². The second-order valence-corrected chi connectivity index (χ2v) is 4.99. The van der Waals surface area contributed by atoms with Crippen molar-refractivity contribution in [1.29, 1.82) is 0 Å². The number of carbonyl (C=O) groups excluding carboxylic acids is 1. The molecule has 0 aliphatic heterocycles. The molecule has 20 heavy (non-hydrogen) atoms. The molecule has 0 saturated heterocycles. The second-order valence-electron chi connectivity index (χ2n) is 4.99. The van der Waals surface area contributed by atoms with Crippen LogP contribution in [-0.2, 0) is 11.3 Å². The number of nitrogens with one attached hydrogen (secondary N) is 1. The molecule has 0 bridgehead atoms. The number of amides is 1. The van der Waals surface area contributed by atoms with Crippen LogP contribution in [0.1, 0.15) is 24.8 Å². The van der Waals surface area contributed by atoms with Gasteiger partial charge in [0.05, 0.1) is 0 Å². The molecule has 0 unspecified atom stereocenters. The van der Waals surface area contributed by atoms with E-state index in [4.69, 9.17) is 5.73 Å². The van der Waals surface area contributed by atoms with E-state index < -0.39 is 11.6 Å². The lowest BCUT2D eigenvalue weighted by Gasteiger charge is -2.17. The van der Waals surface area contributed by atoms with Gasteiger partial charge >= 0.3 is 0 Å². The van der Waals surface area contributed by atoms with E-state index in [1.165, 1.54) is 0 Å². The normalized spacial score (nSPS) is 21.4. The van der Waals surface area contributed by atoms with Crippen molar-refractivity contribution in [2.75, 3.05) is 6.54 Å². The fraction of sp³-hybridized carbons (Fsp3) is 0.500. The van der Waals surface area contributed by atoms with Gasteiger partial charge in [0.1, 0.15) is 11.6 Å². The summed E-state index contributed by atoms with van der Waals surface area (Å²) >= 11 is 0. The molecule has 0 spiro atoms. The van der Waals surface area contributed by atoms with E-state index >= 15 is 0 Å². The van der Waals surface area contributed by atoms with E-state index in [1.54, 1.807) is 0 Å². The predicted octanol–water partition coefficient (Wildman–Crippen LogP) is 2.38. The van der Waals surface area contributed by atoms with Crippen LogP contribution in [0.2, 0.25) is 0 Å². The smallest absolute Gasteiger partial charge is 0.223 e. The molecule has 1 amide bonds. The highest BCUT2D eigenvalue weighted by molar-refractivity contribution is 5.85. The molecule has 1 aromatic carbocycles. The summed E-state index contributed by atoms with van der Waals surface area (Å²) in [5, 5.41) is 2.67. The van der Waals surface area contributed by atoms with Gasteiger partial charge in [-0.1, -0.05) is 6.42 Å². The third kappa shape index (κ3) is 3.90. The molecule has 0 heterocycles. The van der Waals surface area contributed by atoms with E-state index in [0.29, 0.717) is 6.54 Å². The largest absolute Gasteiger partial charge is 0.352 e. The number of rotatable bonds is 4. The van der Waals surface area contributed by atoms with Gasteiger partial charge in [0.25, 0.3) is 0 Å². The quantitative estimate of drug-likeness (QED) is 0.897. The van der Waals surface area contributed by atoms with Crippen molar-refractivity contribution in [1.82, 2.24) is 5.32 Å². The van der Waals surface area contributed by atoms with E-state index in [2.05, 4.69) is 5.32 Å². The van der Waals surface area contributed by atoms with Gasteiger partial charge in [0, 0.05) is 18.0 Å². The standard InChI is InChI=1S/C14H18F2N2O.ClH/c15-11-4-5-13(16)10(6-11)8-18-14(19)12-3-1-2-9(12)7-17;/h4-6,9,12H,1-3,7-8,17H2,(H,18,19);1H/t9-,12-;/m1./s1. The van der Waals surface area contributed by atoms with Gasteiger partial charge in [0.15, 0.2) is 0 Å². The van der Waals surface area contributed by atoms with Crippen molar-refractivity contribution in [2.45, 2.75) is 25.8 Å². The fourth-order valence-corrected chi connectivity index (χ4v) is 2.66. The monoisotopic (exact) mass is 304 g/mol. The summed E-state index contributed by atoms with van der Waals surface area (Å²) in [6, 6.07) is 3.22. The van der Waals surface area contributed by atoms with Crippen LogP contribution in [0.15, 0.2) is 18.2 Å². The number of halogens is 3. The van der Waals surface area contributed by atoms with Crippen LogP contribution >= 0.6 is 12.4 Å². The summed E-state index contributed by atoms with van der Waals surface area (Å²) in [4.78, 5) is 12.0. The van der Waals surface area contributed by atoms with Gasteiger partial charge in [0.2, 0.25) is 5.91 Å². The minimum Gasteiger partial charge on any atom is -0.352 e. The van der Waals surface area contributed by atoms with Crippen LogP contribution in [0.4, 0.5) is 8.78 Å². The minimum absolute atomic E-state index is 0. The van der Waals surface area contributed by atoms with Gasteiger partial charge in [-0.2, -0.15) is 0 Å². The van der Waals surface area contributed by atoms with E-state index in [9.17, 15) is 13.6 Å². The second kappa shape index (κ2) is 7.55. The number of hydrogen-bond donors (Lipinski definition) is 2. The molecule has 1 aliphatic carbocycles. The van der Waals surface area contributed by atoms with Crippen LogP contribution in [0.3, 0.4) is 0 Å². The maximum absolute atomic E-state index is 13.4. The first-order chi connectivity index (χ1) is 9.11. The molecule has 1 aromatic rings. The van der Waals surface area contributed by atoms with Gasteiger partial charge in [-0.25, -0.2) is 8.78 Å². The number of carbonyl (C=O) groups is 1. The topological polar surface area (TPSA) is 55.1 Å². The molecule has 2 atom stereocenters. The maximum atomic E-state index is 13.4. The third-order valence-electron chi connectivity index (χ3n) is 3.76. The van der Waals surface area contributed by atoms with Gasteiger partial charge in [-0.3, -0.25) is 4.79 Å². The Morgan fingerprint density at radius 1 is 1.35 bits per heavy atom. The van der Waals surface area contributed by atoms with Crippen LogP contribution in [0.25, 0.3) is 0 Å². The first-order valence-corrected chi connectivity index (χ1v) is 6.53. The van der Waals surface area contributed by atoms with Gasteiger partial charge in [-0.05, 0) is 43.5 Å². The Kier molecular flexibility index (Phi) is 6.36. The molecular weight excluding hydrogens is 286 g/mol. The number of benzene rings is 1. The first kappa shape index (κ1) is 16.9. The van der Waals surface area contributed by atoms with Crippen LogP contribution in [0, 0.1) is 23.5 Å². The Hall–Kier alpha value is -1.20. The third-order valence-corrected chi connectivity index (χ3v) is 3.76. The predicted molar refractivity (Wildman–Crippen MR) is 75.3 cm³/mol. The van der Waals surface area contributed by atoms with E-state index in [0.717, 1.165) is 37.5 Å². The molecule has 3 N–H and O–H groups in total. The lowest BCUT2D eigenvalue weighted by atomic mass is 9.95. The highest BCUT2D eigenvalue weighted by Crippen LogP contribution is 2.31. The summed E-state index contributed by atoms with van der Waals surface area (Å²) in [6.07, 6.45) is 2.77. The fourth-order valence-electron chi connectivity index (χ4n) is 2.66. The van der Waals surface area contributed by atoms with Crippen LogP contribution < -0.4 is 11.1 Å². The lowest BCUT2D eigenvalue weighted by Crippen LogP contribution is -2.34. The summed E-state index contributed by atoms with van der Waals surface area (Å²) in [5.41, 5.74) is 5.79. The Morgan fingerprint density at radius 3 is 2.80 bits per heavy atom. The molecule has 112 valence electrons. The van der Waals surface area contributed by atoms with Crippen molar-refractivity contribution in [3.63, 3.8) is 0 Å². The van der Waals surface area contributed by atoms with Crippen molar-refractivity contribution in [3.8, 4) is 0 Å². The van der Waals surface area contributed by atoms with Crippen LogP contribution in [0.5, 0.6) is 0 Å². The van der Waals surface area contributed by atoms with Crippen molar-refractivity contribution < 1.29 is 13.6 Å². The average molecular weight is 305 g/mol. The summed E-state index contributed by atoms with van der Waals surface area (Å²) in [5.74, 6) is -1.02. The minimum atomic E-state index is -0.511. The Labute approximate surface area is 123 Å². The summed E-state index contributed by atoms with van der Waals surface area (Å²) in [7, 11) is 0. The summed E-state index contributed by atoms with van der Waals surface area (Å²) in [6.45, 7) is 0.503. The highest BCUT2D eigenvalue weighted by Gasteiger charge is 2.31. The van der Waals surface area contributed by atoms with Gasteiger partial charge in [-0.15, -0.1) is 12.4 Å². The molecule has 1 fully saturated rings.